The number of aryl methyl sites for hydroxylation is 1. The van der Waals surface area contributed by atoms with Crippen LogP contribution in [-0.4, -0.2) is 62.6 Å². The molecule has 3 aromatic rings. The summed E-state index contributed by atoms with van der Waals surface area (Å²) in [4.78, 5) is 21.7. The molecule has 1 saturated heterocycles. The lowest BCUT2D eigenvalue weighted by Gasteiger charge is -2.40. The fourth-order valence-electron chi connectivity index (χ4n) is 5.49. The first kappa shape index (κ1) is 34.2. The number of rotatable bonds is 6. The van der Waals surface area contributed by atoms with Crippen molar-refractivity contribution in [2.75, 3.05) is 42.7 Å². The van der Waals surface area contributed by atoms with Gasteiger partial charge >= 0.3 is 12.4 Å². The van der Waals surface area contributed by atoms with E-state index in [0.717, 1.165) is 17.4 Å². The lowest BCUT2D eigenvalue weighted by atomic mass is 9.81. The molecular weight excluding hydrogens is 622 g/mol. The number of benzene rings is 2. The van der Waals surface area contributed by atoms with Gasteiger partial charge in [-0.05, 0) is 68.7 Å². The van der Waals surface area contributed by atoms with Crippen LogP contribution in [0.2, 0.25) is 0 Å². The number of halogens is 6. The third kappa shape index (κ3) is 7.11. The predicted molar refractivity (Wildman–Crippen MR) is 161 cm³/mol. The quantitative estimate of drug-likeness (QED) is 0.283. The number of hydrogen-bond acceptors (Lipinski definition) is 5. The Bertz CT molecular complexity index is 1670. The van der Waals surface area contributed by atoms with Crippen molar-refractivity contribution >= 4 is 27.4 Å². The van der Waals surface area contributed by atoms with Crippen LogP contribution in [0.25, 0.3) is 11.1 Å². The van der Waals surface area contributed by atoms with Gasteiger partial charge in [-0.15, -0.1) is 0 Å². The van der Waals surface area contributed by atoms with E-state index in [2.05, 4.69) is 4.98 Å². The van der Waals surface area contributed by atoms with Crippen LogP contribution in [0.3, 0.4) is 0 Å². The highest BCUT2D eigenvalue weighted by molar-refractivity contribution is 7.88. The largest absolute Gasteiger partial charge is 0.416 e. The minimum absolute atomic E-state index is 0.0312. The van der Waals surface area contributed by atoms with E-state index in [1.807, 2.05) is 36.9 Å². The Hall–Kier alpha value is -3.65. The van der Waals surface area contributed by atoms with Gasteiger partial charge in [0.2, 0.25) is 15.9 Å². The van der Waals surface area contributed by atoms with Crippen LogP contribution < -0.4 is 9.80 Å². The second-order valence-corrected chi connectivity index (χ2v) is 13.8. The summed E-state index contributed by atoms with van der Waals surface area (Å²) >= 11 is 0. The summed E-state index contributed by atoms with van der Waals surface area (Å²) in [6.07, 6.45) is -7.55. The monoisotopic (exact) mass is 656 g/mol. The number of amides is 1. The molecule has 0 spiro atoms. The Labute approximate surface area is 258 Å². The number of nitrogens with zero attached hydrogens (tertiary/aromatic N) is 4. The molecule has 0 aliphatic carbocycles. The van der Waals surface area contributed by atoms with Gasteiger partial charge in [0.1, 0.15) is 5.82 Å². The van der Waals surface area contributed by atoms with Crippen molar-refractivity contribution in [1.29, 1.82) is 0 Å². The fraction of sp³-hybridized carbons (Fsp3) is 0.419. The van der Waals surface area contributed by atoms with Gasteiger partial charge in [0.05, 0.1) is 34.7 Å². The molecule has 45 heavy (non-hydrogen) atoms. The molecule has 2 aromatic carbocycles. The SMILES string of the molecule is Cc1ccccc1-c1cc(N2CCN(S(C)(=O)=O)C[C@H]2C)ncc1N(C)C(=O)C(C)(C)c1cc(C(F)(F)F)cc(C(F)(F)F)c1. The number of carbonyl (C=O) groups excluding carboxylic acids is 1. The molecule has 1 aliphatic heterocycles. The van der Waals surface area contributed by atoms with Gasteiger partial charge in [-0.2, -0.15) is 30.6 Å². The number of pyridine rings is 1. The smallest absolute Gasteiger partial charge is 0.351 e. The van der Waals surface area contributed by atoms with Crippen LogP contribution in [0.4, 0.5) is 37.8 Å². The summed E-state index contributed by atoms with van der Waals surface area (Å²) in [6.45, 7) is 7.12. The average molecular weight is 657 g/mol. The summed E-state index contributed by atoms with van der Waals surface area (Å²) in [5, 5.41) is 0. The molecule has 1 aromatic heterocycles. The Kier molecular flexibility index (Phi) is 9.08. The first-order chi connectivity index (χ1) is 20.6. The average Bonchev–Trinajstić information content (AvgIpc) is 2.94. The van der Waals surface area contributed by atoms with E-state index in [-0.39, 0.29) is 30.9 Å². The van der Waals surface area contributed by atoms with Crippen molar-refractivity contribution in [3.63, 3.8) is 0 Å². The molecule has 7 nitrogen and oxygen atoms in total. The van der Waals surface area contributed by atoms with Gasteiger partial charge in [-0.25, -0.2) is 13.4 Å². The topological polar surface area (TPSA) is 73.8 Å². The maximum Gasteiger partial charge on any atom is 0.416 e. The summed E-state index contributed by atoms with van der Waals surface area (Å²) in [7, 11) is -1.99. The van der Waals surface area contributed by atoms with Crippen molar-refractivity contribution < 1.29 is 39.6 Å². The minimum atomic E-state index is -5.07. The van der Waals surface area contributed by atoms with Crippen LogP contribution >= 0.6 is 0 Å². The molecular formula is C31H34F6N4O3S. The predicted octanol–water partition coefficient (Wildman–Crippen LogP) is 6.51. The number of piperazine rings is 1. The highest BCUT2D eigenvalue weighted by atomic mass is 32.2. The van der Waals surface area contributed by atoms with E-state index in [4.69, 9.17) is 0 Å². The lowest BCUT2D eigenvalue weighted by Crippen LogP contribution is -2.53. The Morgan fingerprint density at radius 2 is 1.47 bits per heavy atom. The van der Waals surface area contributed by atoms with E-state index >= 15 is 0 Å². The molecule has 0 bridgehead atoms. The van der Waals surface area contributed by atoms with Gasteiger partial charge in [-0.3, -0.25) is 4.79 Å². The van der Waals surface area contributed by atoms with Crippen LogP contribution in [-0.2, 0) is 32.6 Å². The zero-order valence-electron chi connectivity index (χ0n) is 25.6. The normalized spacial score (nSPS) is 17.0. The first-order valence-electron chi connectivity index (χ1n) is 14.0. The number of hydrogen-bond donors (Lipinski definition) is 0. The van der Waals surface area contributed by atoms with Crippen molar-refractivity contribution in [3.05, 3.63) is 77.0 Å². The maximum atomic E-state index is 14.0. The van der Waals surface area contributed by atoms with Crippen molar-refractivity contribution in [1.82, 2.24) is 9.29 Å². The zero-order chi connectivity index (χ0) is 33.7. The number of sulfonamides is 1. The van der Waals surface area contributed by atoms with Crippen molar-refractivity contribution in [3.8, 4) is 11.1 Å². The molecule has 1 amide bonds. The van der Waals surface area contributed by atoms with Gasteiger partial charge in [0, 0.05) is 38.3 Å². The number of carbonyl (C=O) groups is 1. The van der Waals surface area contributed by atoms with Gasteiger partial charge in [-0.1, -0.05) is 24.3 Å². The van der Waals surface area contributed by atoms with Crippen molar-refractivity contribution in [2.24, 2.45) is 0 Å². The van der Waals surface area contributed by atoms with E-state index < -0.39 is 50.4 Å². The Morgan fingerprint density at radius 3 is 1.98 bits per heavy atom. The second kappa shape index (κ2) is 11.9. The summed E-state index contributed by atoms with van der Waals surface area (Å²) < 4.78 is 107. The Balaban J connectivity index is 1.79. The molecule has 1 fully saturated rings. The number of aromatic nitrogens is 1. The van der Waals surface area contributed by atoms with E-state index in [9.17, 15) is 39.6 Å². The molecule has 0 N–H and O–H groups in total. The van der Waals surface area contributed by atoms with Crippen LogP contribution in [0.15, 0.2) is 54.7 Å². The first-order valence-corrected chi connectivity index (χ1v) is 15.8. The summed E-state index contributed by atoms with van der Waals surface area (Å²) in [5.74, 6) is -0.236. The van der Waals surface area contributed by atoms with Crippen LogP contribution in [0.1, 0.15) is 43.0 Å². The molecule has 4 rings (SSSR count). The molecule has 0 radical (unpaired) electrons. The van der Waals surface area contributed by atoms with Crippen molar-refractivity contribution in [2.45, 2.75) is 51.5 Å². The van der Waals surface area contributed by atoms with E-state index in [0.29, 0.717) is 30.1 Å². The van der Waals surface area contributed by atoms with Gasteiger partial charge in [0.25, 0.3) is 0 Å². The number of anilines is 2. The second-order valence-electron chi connectivity index (χ2n) is 11.8. The molecule has 0 saturated carbocycles. The third-order valence-electron chi connectivity index (χ3n) is 8.17. The van der Waals surface area contributed by atoms with Crippen LogP contribution in [0.5, 0.6) is 0 Å². The number of likely N-dealkylation sites (N-methyl/N-ethyl adjacent to an activating group) is 1. The molecule has 244 valence electrons. The van der Waals surface area contributed by atoms with E-state index in [1.165, 1.54) is 36.3 Å². The molecule has 14 heteroatoms. The van der Waals surface area contributed by atoms with E-state index in [1.54, 1.807) is 12.1 Å². The van der Waals surface area contributed by atoms with Crippen LogP contribution in [0, 0.1) is 6.92 Å². The van der Waals surface area contributed by atoms with Gasteiger partial charge < -0.3 is 9.80 Å². The minimum Gasteiger partial charge on any atom is -0.351 e. The molecule has 2 heterocycles. The zero-order valence-corrected chi connectivity index (χ0v) is 26.4. The standard InChI is InChI=1S/C31H34F6N4O3S/c1-19-9-7-8-10-24(19)25-16-27(41-12-11-40(18-20(41)2)45(6,43)44)38-17-26(25)39(5)28(42)29(3,4)21-13-22(30(32,33)34)15-23(14-21)31(35,36)37/h7-10,13-17,20H,11-12,18H2,1-6H3/t20-/m1/s1. The molecule has 1 atom stereocenters. The molecule has 1 aliphatic rings. The maximum absolute atomic E-state index is 14.0. The Morgan fingerprint density at radius 1 is 0.911 bits per heavy atom. The molecule has 0 unspecified atom stereocenters. The lowest BCUT2D eigenvalue weighted by molar-refractivity contribution is -0.143. The third-order valence-corrected chi connectivity index (χ3v) is 9.44. The number of alkyl halides is 6. The fourth-order valence-corrected chi connectivity index (χ4v) is 6.39. The highest BCUT2D eigenvalue weighted by Crippen LogP contribution is 2.41. The summed E-state index contributed by atoms with van der Waals surface area (Å²) in [6, 6.07) is 10.0. The van der Waals surface area contributed by atoms with Gasteiger partial charge in [0.15, 0.2) is 0 Å². The highest BCUT2D eigenvalue weighted by Gasteiger charge is 2.41. The summed E-state index contributed by atoms with van der Waals surface area (Å²) in [5.41, 5.74) is -2.85.